The molecule has 0 radical (unpaired) electrons. The Balaban J connectivity index is 0.00000261. The number of ether oxygens (including phenoxy) is 1. The van der Waals surface area contributed by atoms with Crippen LogP contribution in [0.25, 0.3) is 4.96 Å². The van der Waals surface area contributed by atoms with Crippen molar-refractivity contribution in [3.63, 3.8) is 0 Å². The third-order valence-corrected chi connectivity index (χ3v) is 5.49. The molecule has 1 aliphatic heterocycles. The molecule has 3 heterocycles. The van der Waals surface area contributed by atoms with E-state index in [4.69, 9.17) is 9.73 Å². The average Bonchev–Trinajstić information content (AvgIpc) is 3.18. The maximum atomic E-state index is 6.09. The van der Waals surface area contributed by atoms with Crippen LogP contribution in [0.4, 0.5) is 0 Å². The van der Waals surface area contributed by atoms with Gasteiger partial charge in [-0.3, -0.25) is 4.40 Å². The summed E-state index contributed by atoms with van der Waals surface area (Å²) >= 11 is 1.64. The van der Waals surface area contributed by atoms with Crippen LogP contribution in [0.15, 0.2) is 22.8 Å². The van der Waals surface area contributed by atoms with E-state index in [0.29, 0.717) is 12.5 Å². The highest BCUT2D eigenvalue weighted by atomic mass is 127. The molecule has 3 rings (SSSR count). The Kier molecular flexibility index (Phi) is 8.36. The van der Waals surface area contributed by atoms with Crippen molar-refractivity contribution in [2.45, 2.75) is 53.2 Å². The van der Waals surface area contributed by atoms with E-state index in [2.05, 4.69) is 43.3 Å². The zero-order valence-corrected chi connectivity index (χ0v) is 19.8. The van der Waals surface area contributed by atoms with E-state index in [1.54, 1.807) is 11.3 Å². The van der Waals surface area contributed by atoms with Crippen LogP contribution in [-0.2, 0) is 11.3 Å². The monoisotopic (exact) mass is 505 g/mol. The summed E-state index contributed by atoms with van der Waals surface area (Å²) in [6.45, 7) is 12.1. The third kappa shape index (κ3) is 6.05. The van der Waals surface area contributed by atoms with Gasteiger partial charge in [0.1, 0.15) is 0 Å². The van der Waals surface area contributed by atoms with E-state index in [9.17, 15) is 0 Å². The van der Waals surface area contributed by atoms with Crippen LogP contribution in [0.1, 0.15) is 46.2 Å². The fourth-order valence-corrected chi connectivity index (χ4v) is 4.31. The van der Waals surface area contributed by atoms with Crippen molar-refractivity contribution in [2.75, 3.05) is 19.7 Å². The summed E-state index contributed by atoms with van der Waals surface area (Å²) in [6, 6.07) is 0. The first-order chi connectivity index (χ1) is 12.5. The first-order valence-electron chi connectivity index (χ1n) is 9.52. The summed E-state index contributed by atoms with van der Waals surface area (Å²) in [5.74, 6) is 1.35. The number of aliphatic imine (C=N–C) groups is 1. The number of guanidine groups is 1. The molecule has 2 N–H and O–H groups in total. The predicted molar refractivity (Wildman–Crippen MR) is 123 cm³/mol. The van der Waals surface area contributed by atoms with Gasteiger partial charge < -0.3 is 15.4 Å². The first kappa shape index (κ1) is 22.4. The molecule has 1 fully saturated rings. The molecule has 1 saturated heterocycles. The normalized spacial score (nSPS) is 21.1. The van der Waals surface area contributed by atoms with Gasteiger partial charge in [0, 0.05) is 43.4 Å². The average molecular weight is 505 g/mol. The van der Waals surface area contributed by atoms with Crippen molar-refractivity contribution in [1.82, 2.24) is 20.0 Å². The second kappa shape index (κ2) is 10.1. The highest BCUT2D eigenvalue weighted by Gasteiger charge is 2.35. The van der Waals surface area contributed by atoms with Gasteiger partial charge in [-0.15, -0.1) is 35.3 Å². The van der Waals surface area contributed by atoms with E-state index < -0.39 is 0 Å². The van der Waals surface area contributed by atoms with Crippen LogP contribution in [0.5, 0.6) is 0 Å². The molecular weight excluding hydrogens is 473 g/mol. The largest absolute Gasteiger partial charge is 0.377 e. The van der Waals surface area contributed by atoms with Crippen LogP contribution in [-0.4, -0.2) is 41.1 Å². The number of imidazole rings is 1. The number of halogens is 1. The van der Waals surface area contributed by atoms with Gasteiger partial charge in [-0.2, -0.15) is 0 Å². The van der Waals surface area contributed by atoms with E-state index in [-0.39, 0.29) is 35.5 Å². The molecule has 2 aromatic rings. The van der Waals surface area contributed by atoms with Crippen LogP contribution in [0.2, 0.25) is 0 Å². The Bertz CT molecular complexity index is 707. The lowest BCUT2D eigenvalue weighted by Crippen LogP contribution is -2.47. The van der Waals surface area contributed by atoms with Gasteiger partial charge in [-0.25, -0.2) is 9.98 Å². The molecule has 8 heteroatoms. The second-order valence-corrected chi connectivity index (χ2v) is 8.83. The molecule has 152 valence electrons. The van der Waals surface area contributed by atoms with Gasteiger partial charge in [-0.1, -0.05) is 20.8 Å². The quantitative estimate of drug-likeness (QED) is 0.368. The number of aromatic nitrogens is 2. The number of hydrogen-bond acceptors (Lipinski definition) is 4. The number of thiazole rings is 1. The summed E-state index contributed by atoms with van der Waals surface area (Å²) in [5, 5.41) is 8.90. The first-order valence-corrected chi connectivity index (χ1v) is 10.4. The molecule has 0 aromatic carbocycles. The Labute approximate surface area is 183 Å². The SMILES string of the molecule is CCNC(=NCc1cn2ccsc2n1)NCC1CCCOC1C(C)(C)C.I. The van der Waals surface area contributed by atoms with Gasteiger partial charge >= 0.3 is 0 Å². The molecule has 2 unspecified atom stereocenters. The lowest BCUT2D eigenvalue weighted by molar-refractivity contribution is -0.0835. The summed E-state index contributed by atoms with van der Waals surface area (Å²) < 4.78 is 8.13. The van der Waals surface area contributed by atoms with Crippen molar-refractivity contribution in [2.24, 2.45) is 16.3 Å². The zero-order valence-electron chi connectivity index (χ0n) is 16.7. The van der Waals surface area contributed by atoms with Crippen LogP contribution in [0.3, 0.4) is 0 Å². The topological polar surface area (TPSA) is 63.0 Å². The minimum absolute atomic E-state index is 0. The third-order valence-electron chi connectivity index (χ3n) is 4.72. The highest BCUT2D eigenvalue weighted by molar-refractivity contribution is 14.0. The van der Waals surface area contributed by atoms with Crippen LogP contribution < -0.4 is 10.6 Å². The predicted octanol–water partition coefficient (Wildman–Crippen LogP) is 3.91. The summed E-state index contributed by atoms with van der Waals surface area (Å²) in [4.78, 5) is 10.3. The van der Waals surface area contributed by atoms with Crippen molar-refractivity contribution in [3.8, 4) is 0 Å². The molecule has 0 saturated carbocycles. The number of hydrogen-bond donors (Lipinski definition) is 2. The van der Waals surface area contributed by atoms with Gasteiger partial charge in [-0.05, 0) is 25.2 Å². The maximum Gasteiger partial charge on any atom is 0.193 e. The minimum atomic E-state index is 0. The fourth-order valence-electron chi connectivity index (χ4n) is 3.59. The van der Waals surface area contributed by atoms with Crippen molar-refractivity contribution >= 4 is 46.2 Å². The fraction of sp³-hybridized carbons (Fsp3) is 0.684. The Morgan fingerprint density at radius 3 is 2.93 bits per heavy atom. The molecule has 27 heavy (non-hydrogen) atoms. The molecule has 0 amide bonds. The van der Waals surface area contributed by atoms with Gasteiger partial charge in [0.25, 0.3) is 0 Å². The van der Waals surface area contributed by atoms with Gasteiger partial charge in [0.15, 0.2) is 10.9 Å². The number of rotatable bonds is 5. The molecule has 0 aliphatic carbocycles. The molecule has 2 aromatic heterocycles. The van der Waals surface area contributed by atoms with Gasteiger partial charge in [0.2, 0.25) is 0 Å². The lowest BCUT2D eigenvalue weighted by Gasteiger charge is -2.40. The Morgan fingerprint density at radius 2 is 2.22 bits per heavy atom. The van der Waals surface area contributed by atoms with Crippen molar-refractivity contribution in [3.05, 3.63) is 23.5 Å². The minimum Gasteiger partial charge on any atom is -0.377 e. The van der Waals surface area contributed by atoms with E-state index >= 15 is 0 Å². The Morgan fingerprint density at radius 1 is 1.41 bits per heavy atom. The Hall–Kier alpha value is -0.870. The van der Waals surface area contributed by atoms with Crippen LogP contribution in [0, 0.1) is 11.3 Å². The summed E-state index contributed by atoms with van der Waals surface area (Å²) in [6.07, 6.45) is 6.69. The molecule has 6 nitrogen and oxygen atoms in total. The molecule has 0 bridgehead atoms. The standard InChI is InChI=1S/C19H31N5OS.HI/c1-5-20-17(22-12-15-13-24-8-10-26-18(24)23-15)21-11-14-7-6-9-25-16(14)19(2,3)4;/h8,10,13-14,16H,5-7,9,11-12H2,1-4H3,(H2,20,21,22);1H. The maximum absolute atomic E-state index is 6.09. The van der Waals surface area contributed by atoms with Gasteiger partial charge in [0.05, 0.1) is 18.3 Å². The number of fused-ring (bicyclic) bond motifs is 1. The summed E-state index contributed by atoms with van der Waals surface area (Å²) in [7, 11) is 0. The smallest absolute Gasteiger partial charge is 0.193 e. The van der Waals surface area contributed by atoms with Crippen molar-refractivity contribution in [1.29, 1.82) is 0 Å². The zero-order chi connectivity index (χ0) is 18.6. The van der Waals surface area contributed by atoms with Crippen molar-refractivity contribution < 1.29 is 4.74 Å². The lowest BCUT2D eigenvalue weighted by atomic mass is 9.78. The van der Waals surface area contributed by atoms with E-state index in [1.165, 1.54) is 6.42 Å². The van der Waals surface area contributed by atoms with E-state index in [0.717, 1.165) is 42.7 Å². The van der Waals surface area contributed by atoms with Crippen LogP contribution >= 0.6 is 35.3 Å². The van der Waals surface area contributed by atoms with E-state index in [1.807, 2.05) is 22.2 Å². The molecular formula is C19H32IN5OS. The molecule has 2 atom stereocenters. The highest BCUT2D eigenvalue weighted by Crippen LogP contribution is 2.33. The molecule has 0 spiro atoms. The second-order valence-electron chi connectivity index (χ2n) is 7.96. The molecule has 1 aliphatic rings. The number of nitrogens with zero attached hydrogens (tertiary/aromatic N) is 3. The summed E-state index contributed by atoms with van der Waals surface area (Å²) in [5.41, 5.74) is 1.15. The number of nitrogens with one attached hydrogen (secondary N) is 2.